The summed E-state index contributed by atoms with van der Waals surface area (Å²) in [4.78, 5) is 11.6. The van der Waals surface area contributed by atoms with Gasteiger partial charge < -0.3 is 10.6 Å². The van der Waals surface area contributed by atoms with Crippen LogP contribution in [0.25, 0.3) is 0 Å². The summed E-state index contributed by atoms with van der Waals surface area (Å²) in [6.07, 6.45) is 3.27. The van der Waals surface area contributed by atoms with E-state index in [0.29, 0.717) is 12.0 Å². The molecule has 1 aromatic carbocycles. The standard InChI is InChI=1S/C14H20N2O/c1-10(2)8-11-4-3-5-13(9-11)16-14(17)15-12-6-7-12/h3-5,9-10,12H,6-8H2,1-2H3,(H2,15,16,17). The van der Waals surface area contributed by atoms with Crippen LogP contribution in [0.4, 0.5) is 10.5 Å². The highest BCUT2D eigenvalue weighted by Gasteiger charge is 2.23. The van der Waals surface area contributed by atoms with Gasteiger partial charge in [-0.05, 0) is 42.9 Å². The normalized spacial score (nSPS) is 14.8. The van der Waals surface area contributed by atoms with Crippen LogP contribution in [0.5, 0.6) is 0 Å². The molecule has 2 amide bonds. The molecule has 0 unspecified atom stereocenters. The van der Waals surface area contributed by atoms with E-state index in [9.17, 15) is 4.79 Å². The largest absolute Gasteiger partial charge is 0.335 e. The summed E-state index contributed by atoms with van der Waals surface area (Å²) < 4.78 is 0. The third-order valence-corrected chi connectivity index (χ3v) is 2.74. The first-order valence-corrected chi connectivity index (χ1v) is 6.30. The number of rotatable bonds is 4. The second kappa shape index (κ2) is 5.21. The minimum atomic E-state index is -0.0887. The number of carbonyl (C=O) groups excluding carboxylic acids is 1. The van der Waals surface area contributed by atoms with E-state index in [0.717, 1.165) is 24.9 Å². The molecule has 0 bridgehead atoms. The van der Waals surface area contributed by atoms with Gasteiger partial charge in [-0.1, -0.05) is 26.0 Å². The number of benzene rings is 1. The highest BCUT2D eigenvalue weighted by Crippen LogP contribution is 2.19. The van der Waals surface area contributed by atoms with E-state index in [4.69, 9.17) is 0 Å². The summed E-state index contributed by atoms with van der Waals surface area (Å²) in [5.41, 5.74) is 2.14. The van der Waals surface area contributed by atoms with Crippen molar-refractivity contribution in [3.05, 3.63) is 29.8 Å². The first-order valence-electron chi connectivity index (χ1n) is 6.30. The van der Waals surface area contributed by atoms with Crippen molar-refractivity contribution in [1.29, 1.82) is 0 Å². The fourth-order valence-corrected chi connectivity index (χ4v) is 1.83. The fraction of sp³-hybridized carbons (Fsp3) is 0.500. The lowest BCUT2D eigenvalue weighted by Crippen LogP contribution is -2.30. The predicted octanol–water partition coefficient (Wildman–Crippen LogP) is 3.17. The van der Waals surface area contributed by atoms with E-state index >= 15 is 0 Å². The molecule has 2 N–H and O–H groups in total. The van der Waals surface area contributed by atoms with E-state index in [1.54, 1.807) is 0 Å². The first-order chi connectivity index (χ1) is 8.13. The molecule has 1 aliphatic rings. The summed E-state index contributed by atoms with van der Waals surface area (Å²) in [6, 6.07) is 8.38. The van der Waals surface area contributed by atoms with Gasteiger partial charge in [-0.2, -0.15) is 0 Å². The van der Waals surface area contributed by atoms with Gasteiger partial charge in [-0.3, -0.25) is 0 Å². The zero-order chi connectivity index (χ0) is 12.3. The molecular formula is C14H20N2O. The topological polar surface area (TPSA) is 41.1 Å². The maximum Gasteiger partial charge on any atom is 0.319 e. The smallest absolute Gasteiger partial charge is 0.319 e. The molecule has 0 radical (unpaired) electrons. The Balaban J connectivity index is 1.92. The second-order valence-electron chi connectivity index (χ2n) is 5.17. The van der Waals surface area contributed by atoms with Crippen LogP contribution < -0.4 is 10.6 Å². The highest BCUT2D eigenvalue weighted by molar-refractivity contribution is 5.89. The van der Waals surface area contributed by atoms with Crippen LogP contribution >= 0.6 is 0 Å². The Hall–Kier alpha value is -1.51. The van der Waals surface area contributed by atoms with Gasteiger partial charge in [0.05, 0.1) is 0 Å². The molecule has 1 aliphatic carbocycles. The Morgan fingerprint density at radius 2 is 2.18 bits per heavy atom. The number of hydrogen-bond donors (Lipinski definition) is 2. The molecule has 0 heterocycles. The average Bonchev–Trinajstić information content (AvgIpc) is 3.00. The molecule has 1 aromatic rings. The molecule has 1 fully saturated rings. The lowest BCUT2D eigenvalue weighted by Gasteiger charge is -2.09. The van der Waals surface area contributed by atoms with Crippen molar-refractivity contribution in [2.45, 2.75) is 39.2 Å². The molecule has 3 nitrogen and oxygen atoms in total. The lowest BCUT2D eigenvalue weighted by molar-refractivity contribution is 0.251. The summed E-state index contributed by atoms with van der Waals surface area (Å²) >= 11 is 0. The molecule has 0 atom stereocenters. The zero-order valence-corrected chi connectivity index (χ0v) is 10.5. The Morgan fingerprint density at radius 1 is 1.41 bits per heavy atom. The van der Waals surface area contributed by atoms with E-state index in [1.165, 1.54) is 5.56 Å². The van der Waals surface area contributed by atoms with E-state index in [2.05, 4.69) is 30.5 Å². The van der Waals surface area contributed by atoms with Crippen LogP contribution in [0.2, 0.25) is 0 Å². The van der Waals surface area contributed by atoms with Crippen molar-refractivity contribution in [3.8, 4) is 0 Å². The molecule has 0 aromatic heterocycles. The zero-order valence-electron chi connectivity index (χ0n) is 10.5. The summed E-state index contributed by atoms with van der Waals surface area (Å²) in [6.45, 7) is 4.39. The van der Waals surface area contributed by atoms with Crippen LogP contribution in [-0.4, -0.2) is 12.1 Å². The van der Waals surface area contributed by atoms with E-state index in [-0.39, 0.29) is 6.03 Å². The fourth-order valence-electron chi connectivity index (χ4n) is 1.83. The molecule has 1 saturated carbocycles. The number of carbonyl (C=O) groups is 1. The first kappa shape index (κ1) is 12.0. The quantitative estimate of drug-likeness (QED) is 0.822. The van der Waals surface area contributed by atoms with Gasteiger partial charge >= 0.3 is 6.03 Å². The molecule has 17 heavy (non-hydrogen) atoms. The van der Waals surface area contributed by atoms with Gasteiger partial charge in [0, 0.05) is 11.7 Å². The third kappa shape index (κ3) is 4.10. The molecule has 2 rings (SSSR count). The minimum Gasteiger partial charge on any atom is -0.335 e. The van der Waals surface area contributed by atoms with Gasteiger partial charge in [0.15, 0.2) is 0 Å². The number of anilines is 1. The number of urea groups is 1. The molecule has 0 spiro atoms. The van der Waals surface area contributed by atoms with Crippen LogP contribution in [0, 0.1) is 5.92 Å². The van der Waals surface area contributed by atoms with Crippen molar-refractivity contribution in [2.75, 3.05) is 5.32 Å². The summed E-state index contributed by atoms with van der Waals surface area (Å²) in [5.74, 6) is 0.630. The number of nitrogens with one attached hydrogen (secondary N) is 2. The number of amides is 2. The SMILES string of the molecule is CC(C)Cc1cccc(NC(=O)NC2CC2)c1. The highest BCUT2D eigenvalue weighted by atomic mass is 16.2. The molecule has 0 saturated heterocycles. The van der Waals surface area contributed by atoms with Crippen molar-refractivity contribution in [3.63, 3.8) is 0 Å². The molecule has 0 aliphatic heterocycles. The maximum atomic E-state index is 11.6. The van der Waals surface area contributed by atoms with Crippen molar-refractivity contribution >= 4 is 11.7 Å². The maximum absolute atomic E-state index is 11.6. The van der Waals surface area contributed by atoms with Crippen molar-refractivity contribution in [1.82, 2.24) is 5.32 Å². The molecule has 92 valence electrons. The Bertz CT molecular complexity index is 397. The van der Waals surface area contributed by atoms with Gasteiger partial charge in [-0.15, -0.1) is 0 Å². The van der Waals surface area contributed by atoms with Gasteiger partial charge in [0.1, 0.15) is 0 Å². The van der Waals surface area contributed by atoms with Crippen LogP contribution in [-0.2, 0) is 6.42 Å². The monoisotopic (exact) mass is 232 g/mol. The van der Waals surface area contributed by atoms with Gasteiger partial charge in [-0.25, -0.2) is 4.79 Å². The van der Waals surface area contributed by atoms with Gasteiger partial charge in [0.2, 0.25) is 0 Å². The number of hydrogen-bond acceptors (Lipinski definition) is 1. The Kier molecular flexibility index (Phi) is 3.67. The summed E-state index contributed by atoms with van der Waals surface area (Å²) in [7, 11) is 0. The Labute approximate surface area is 103 Å². The molecule has 3 heteroatoms. The second-order valence-corrected chi connectivity index (χ2v) is 5.17. The summed E-state index contributed by atoms with van der Waals surface area (Å²) in [5, 5.41) is 5.79. The van der Waals surface area contributed by atoms with E-state index in [1.807, 2.05) is 18.2 Å². The third-order valence-electron chi connectivity index (χ3n) is 2.74. The van der Waals surface area contributed by atoms with Crippen LogP contribution in [0.1, 0.15) is 32.3 Å². The van der Waals surface area contributed by atoms with Crippen LogP contribution in [0.15, 0.2) is 24.3 Å². The van der Waals surface area contributed by atoms with Crippen molar-refractivity contribution < 1.29 is 4.79 Å². The predicted molar refractivity (Wildman–Crippen MR) is 70.2 cm³/mol. The molecular weight excluding hydrogens is 212 g/mol. The average molecular weight is 232 g/mol. The van der Waals surface area contributed by atoms with Crippen molar-refractivity contribution in [2.24, 2.45) is 5.92 Å². The minimum absolute atomic E-state index is 0.0887. The Morgan fingerprint density at radius 3 is 2.82 bits per heavy atom. The lowest BCUT2D eigenvalue weighted by atomic mass is 10.0. The van der Waals surface area contributed by atoms with Gasteiger partial charge in [0.25, 0.3) is 0 Å². The van der Waals surface area contributed by atoms with E-state index < -0.39 is 0 Å². The van der Waals surface area contributed by atoms with Crippen LogP contribution in [0.3, 0.4) is 0 Å².